The number of halogens is 1. The van der Waals surface area contributed by atoms with E-state index in [0.29, 0.717) is 23.3 Å². The van der Waals surface area contributed by atoms with Gasteiger partial charge in [0.25, 0.3) is 0 Å². The van der Waals surface area contributed by atoms with Gasteiger partial charge in [0.1, 0.15) is 17.4 Å². The third kappa shape index (κ3) is 3.44. The molecule has 0 saturated carbocycles. The summed E-state index contributed by atoms with van der Waals surface area (Å²) in [4.78, 5) is 8.54. The van der Waals surface area contributed by atoms with E-state index >= 15 is 0 Å². The molecule has 2 N–H and O–H groups in total. The second kappa shape index (κ2) is 5.57. The van der Waals surface area contributed by atoms with Crippen molar-refractivity contribution < 1.29 is 4.74 Å². The molecule has 0 fully saturated rings. The predicted octanol–water partition coefficient (Wildman–Crippen LogP) is 4.05. The molecule has 0 aliphatic rings. The van der Waals surface area contributed by atoms with Crippen molar-refractivity contribution in [1.29, 1.82) is 0 Å². The van der Waals surface area contributed by atoms with Gasteiger partial charge >= 0.3 is 0 Å². The number of aryl methyl sites for hydroxylation is 1. The molecule has 19 heavy (non-hydrogen) atoms. The first kappa shape index (κ1) is 13.8. The average Bonchev–Trinajstić information content (AvgIpc) is 2.32. The lowest BCUT2D eigenvalue weighted by atomic mass is 10.2. The van der Waals surface area contributed by atoms with E-state index in [0.717, 1.165) is 10.0 Å². The molecule has 2 aromatic rings. The summed E-state index contributed by atoms with van der Waals surface area (Å²) in [6.07, 6.45) is 0. The number of aromatic nitrogens is 2. The van der Waals surface area contributed by atoms with Crippen LogP contribution in [0.2, 0.25) is 0 Å². The van der Waals surface area contributed by atoms with Crippen molar-refractivity contribution in [1.82, 2.24) is 9.97 Å². The van der Waals surface area contributed by atoms with Gasteiger partial charge in [0.2, 0.25) is 5.88 Å². The zero-order chi connectivity index (χ0) is 14.0. The molecule has 0 spiro atoms. The number of hydrogen-bond donors (Lipinski definition) is 1. The summed E-state index contributed by atoms with van der Waals surface area (Å²) in [6, 6.07) is 7.49. The zero-order valence-corrected chi connectivity index (χ0v) is 12.7. The van der Waals surface area contributed by atoms with E-state index in [-0.39, 0.29) is 5.92 Å². The number of nitrogens with two attached hydrogens (primary N) is 1. The molecule has 0 aliphatic carbocycles. The fourth-order valence-corrected chi connectivity index (χ4v) is 2.15. The number of hydrogen-bond acceptors (Lipinski definition) is 4. The summed E-state index contributed by atoms with van der Waals surface area (Å²) in [7, 11) is 0. The zero-order valence-electron chi connectivity index (χ0n) is 11.1. The summed E-state index contributed by atoms with van der Waals surface area (Å²) >= 11 is 3.47. The highest BCUT2D eigenvalue weighted by Gasteiger charge is 2.09. The Hall–Kier alpha value is -1.62. The molecule has 1 aromatic heterocycles. The Morgan fingerprint density at radius 3 is 2.58 bits per heavy atom. The molecule has 5 heteroatoms. The molecular weight excluding hydrogens is 306 g/mol. The second-order valence-electron chi connectivity index (χ2n) is 4.68. The Balaban J connectivity index is 2.32. The van der Waals surface area contributed by atoms with Crippen LogP contribution in [-0.2, 0) is 0 Å². The minimum Gasteiger partial charge on any atom is -0.438 e. The van der Waals surface area contributed by atoms with Gasteiger partial charge in [-0.05, 0) is 40.5 Å². The molecule has 2 rings (SSSR count). The van der Waals surface area contributed by atoms with Crippen LogP contribution in [0.4, 0.5) is 5.82 Å². The fraction of sp³-hybridized carbons (Fsp3) is 0.286. The number of nitrogen functional groups attached to an aromatic ring is 1. The van der Waals surface area contributed by atoms with E-state index in [1.165, 1.54) is 0 Å². The van der Waals surface area contributed by atoms with Crippen LogP contribution in [0.5, 0.6) is 11.6 Å². The number of anilines is 1. The highest BCUT2D eigenvalue weighted by molar-refractivity contribution is 9.10. The van der Waals surface area contributed by atoms with Crippen LogP contribution in [0.3, 0.4) is 0 Å². The van der Waals surface area contributed by atoms with Gasteiger partial charge in [0, 0.05) is 12.0 Å². The molecule has 0 amide bonds. The number of nitrogens with zero attached hydrogens (tertiary/aromatic N) is 2. The Labute approximate surface area is 121 Å². The number of rotatable bonds is 3. The van der Waals surface area contributed by atoms with Crippen LogP contribution in [0.1, 0.15) is 31.2 Å². The van der Waals surface area contributed by atoms with Crippen LogP contribution < -0.4 is 10.5 Å². The molecule has 1 aromatic carbocycles. The third-order valence-electron chi connectivity index (χ3n) is 2.56. The third-order valence-corrected chi connectivity index (χ3v) is 3.18. The Morgan fingerprint density at radius 1 is 1.21 bits per heavy atom. The SMILES string of the molecule is Cc1ccc(Oc2cc(N)nc(C(C)C)n2)c(Br)c1. The van der Waals surface area contributed by atoms with Crippen molar-refractivity contribution in [3.8, 4) is 11.6 Å². The lowest BCUT2D eigenvalue weighted by Crippen LogP contribution is -2.03. The minimum absolute atomic E-state index is 0.201. The van der Waals surface area contributed by atoms with Crippen LogP contribution in [0.15, 0.2) is 28.7 Å². The number of benzene rings is 1. The summed E-state index contributed by atoms with van der Waals surface area (Å²) in [5.74, 6) is 2.46. The Morgan fingerprint density at radius 2 is 1.95 bits per heavy atom. The van der Waals surface area contributed by atoms with E-state index in [9.17, 15) is 0 Å². The summed E-state index contributed by atoms with van der Waals surface area (Å²) in [5, 5.41) is 0. The van der Waals surface area contributed by atoms with Crippen LogP contribution in [-0.4, -0.2) is 9.97 Å². The van der Waals surface area contributed by atoms with Gasteiger partial charge < -0.3 is 10.5 Å². The summed E-state index contributed by atoms with van der Waals surface area (Å²) < 4.78 is 6.64. The molecule has 0 bridgehead atoms. The first-order valence-electron chi connectivity index (χ1n) is 6.04. The first-order valence-corrected chi connectivity index (χ1v) is 6.83. The molecule has 1 heterocycles. The standard InChI is InChI=1S/C14H16BrN3O/c1-8(2)14-17-12(16)7-13(18-14)19-11-5-4-9(3)6-10(11)15/h4-8H,1-3H3,(H2,16,17,18). The van der Waals surface area contributed by atoms with Crippen molar-refractivity contribution in [2.75, 3.05) is 5.73 Å². The van der Waals surface area contributed by atoms with Crippen molar-refractivity contribution in [2.24, 2.45) is 0 Å². The van der Waals surface area contributed by atoms with Crippen molar-refractivity contribution in [3.63, 3.8) is 0 Å². The van der Waals surface area contributed by atoms with Crippen molar-refractivity contribution >= 4 is 21.7 Å². The van der Waals surface area contributed by atoms with Gasteiger partial charge in [-0.1, -0.05) is 19.9 Å². The molecule has 0 aliphatic heterocycles. The van der Waals surface area contributed by atoms with Crippen LogP contribution >= 0.6 is 15.9 Å². The maximum atomic E-state index is 5.77. The van der Waals surface area contributed by atoms with E-state index in [1.54, 1.807) is 6.07 Å². The van der Waals surface area contributed by atoms with E-state index in [1.807, 2.05) is 39.0 Å². The number of ether oxygens (including phenoxy) is 1. The molecule has 4 nitrogen and oxygen atoms in total. The molecule has 100 valence electrons. The molecule has 0 atom stereocenters. The average molecular weight is 322 g/mol. The van der Waals surface area contributed by atoms with Gasteiger partial charge in [-0.3, -0.25) is 0 Å². The quantitative estimate of drug-likeness (QED) is 0.926. The predicted molar refractivity (Wildman–Crippen MR) is 79.5 cm³/mol. The second-order valence-corrected chi connectivity index (χ2v) is 5.53. The first-order chi connectivity index (χ1) is 8.95. The molecule has 0 radical (unpaired) electrons. The largest absolute Gasteiger partial charge is 0.438 e. The van der Waals surface area contributed by atoms with Gasteiger partial charge in [-0.15, -0.1) is 0 Å². The van der Waals surface area contributed by atoms with Crippen LogP contribution in [0.25, 0.3) is 0 Å². The fourth-order valence-electron chi connectivity index (χ4n) is 1.57. The monoisotopic (exact) mass is 321 g/mol. The van der Waals surface area contributed by atoms with Gasteiger partial charge in [0.05, 0.1) is 4.47 Å². The molecule has 0 unspecified atom stereocenters. The normalized spacial score (nSPS) is 10.8. The van der Waals surface area contributed by atoms with E-state index in [4.69, 9.17) is 10.5 Å². The van der Waals surface area contributed by atoms with E-state index in [2.05, 4.69) is 25.9 Å². The topological polar surface area (TPSA) is 61.0 Å². The highest BCUT2D eigenvalue weighted by atomic mass is 79.9. The summed E-state index contributed by atoms with van der Waals surface area (Å²) in [5.41, 5.74) is 6.93. The van der Waals surface area contributed by atoms with E-state index < -0.39 is 0 Å². The maximum Gasteiger partial charge on any atom is 0.224 e. The smallest absolute Gasteiger partial charge is 0.224 e. The summed E-state index contributed by atoms with van der Waals surface area (Å²) in [6.45, 7) is 6.05. The highest BCUT2D eigenvalue weighted by Crippen LogP contribution is 2.30. The van der Waals surface area contributed by atoms with Crippen molar-refractivity contribution in [3.05, 3.63) is 40.1 Å². The minimum atomic E-state index is 0.201. The molecule has 0 saturated heterocycles. The van der Waals surface area contributed by atoms with Gasteiger partial charge in [0.15, 0.2) is 0 Å². The molecular formula is C14H16BrN3O. The maximum absolute atomic E-state index is 5.77. The lowest BCUT2D eigenvalue weighted by molar-refractivity contribution is 0.454. The Kier molecular flexibility index (Phi) is 4.04. The van der Waals surface area contributed by atoms with Crippen molar-refractivity contribution in [2.45, 2.75) is 26.7 Å². The van der Waals surface area contributed by atoms with Gasteiger partial charge in [-0.2, -0.15) is 4.98 Å². The van der Waals surface area contributed by atoms with Crippen LogP contribution in [0, 0.1) is 6.92 Å². The van der Waals surface area contributed by atoms with Gasteiger partial charge in [-0.25, -0.2) is 4.98 Å². The lowest BCUT2D eigenvalue weighted by Gasteiger charge is -2.10. The Bertz CT molecular complexity index is 599.